The lowest BCUT2D eigenvalue weighted by Gasteiger charge is -2.08. The van der Waals surface area contributed by atoms with Crippen LogP contribution in [-0.4, -0.2) is 17.2 Å². The molecule has 0 amide bonds. The van der Waals surface area contributed by atoms with Gasteiger partial charge in [-0.3, -0.25) is 0 Å². The fourth-order valence-corrected chi connectivity index (χ4v) is 2.25. The van der Waals surface area contributed by atoms with Crippen molar-refractivity contribution in [3.05, 3.63) is 63.2 Å². The van der Waals surface area contributed by atoms with Crippen molar-refractivity contribution in [2.45, 2.75) is 6.10 Å². The van der Waals surface area contributed by atoms with Crippen molar-refractivity contribution in [3.8, 4) is 5.88 Å². The van der Waals surface area contributed by atoms with Crippen molar-refractivity contribution in [3.63, 3.8) is 0 Å². The maximum atomic E-state index is 10.1. The second-order valence-corrected chi connectivity index (χ2v) is 5.36. The van der Waals surface area contributed by atoms with Crippen LogP contribution in [-0.2, 0) is 0 Å². The number of methoxy groups -OCH3 is 1. The molecule has 3 nitrogen and oxygen atoms in total. The highest BCUT2D eigenvalue weighted by Crippen LogP contribution is 2.27. The van der Waals surface area contributed by atoms with Crippen molar-refractivity contribution in [2.24, 2.45) is 0 Å². The largest absolute Gasteiger partial charge is 0.481 e. The molecule has 0 saturated carbocycles. The number of hydrogen-bond donors (Lipinski definition) is 1. The van der Waals surface area contributed by atoms with Gasteiger partial charge in [-0.25, -0.2) is 4.98 Å². The number of ether oxygens (including phenoxy) is 1. The first-order valence-corrected chi connectivity index (χ1v) is 7.09. The lowest BCUT2D eigenvalue weighted by Crippen LogP contribution is -1.94. The van der Waals surface area contributed by atoms with Crippen LogP contribution in [0, 0.1) is 0 Å². The molecule has 1 aromatic heterocycles. The van der Waals surface area contributed by atoms with Gasteiger partial charge >= 0.3 is 0 Å². The van der Waals surface area contributed by atoms with Gasteiger partial charge in [0.1, 0.15) is 0 Å². The molecule has 0 aliphatic rings. The molecule has 2 rings (SSSR count). The number of benzene rings is 1. The maximum Gasteiger partial charge on any atom is 0.221 e. The molecule has 20 heavy (non-hydrogen) atoms. The molecule has 5 heteroatoms. The van der Waals surface area contributed by atoms with E-state index >= 15 is 0 Å². The number of rotatable bonds is 4. The monoisotopic (exact) mass is 353 g/mol. The Labute approximate surface area is 131 Å². The highest BCUT2D eigenvalue weighted by atomic mass is 79.9. The first-order valence-electron chi connectivity index (χ1n) is 5.92. The lowest BCUT2D eigenvalue weighted by atomic mass is 10.1. The average molecular weight is 355 g/mol. The first kappa shape index (κ1) is 15.0. The molecule has 0 aliphatic carbocycles. The lowest BCUT2D eigenvalue weighted by molar-refractivity contribution is 0.229. The number of halogens is 2. The summed E-state index contributed by atoms with van der Waals surface area (Å²) in [4.78, 5) is 4.12. The van der Waals surface area contributed by atoms with Crippen LogP contribution in [0.2, 0.25) is 5.02 Å². The van der Waals surface area contributed by atoms with Crippen LogP contribution in [0.5, 0.6) is 5.88 Å². The molecular formula is C15H13BrClNO2. The van der Waals surface area contributed by atoms with Crippen LogP contribution < -0.4 is 4.74 Å². The molecule has 1 N–H and O–H groups in total. The Balaban J connectivity index is 2.23. The molecule has 1 heterocycles. The summed E-state index contributed by atoms with van der Waals surface area (Å²) in [5.41, 5.74) is 1.55. The van der Waals surface area contributed by atoms with Gasteiger partial charge in [0, 0.05) is 15.7 Å². The fraction of sp³-hybridized carbons (Fsp3) is 0.133. The summed E-state index contributed by atoms with van der Waals surface area (Å²) in [5.74, 6) is 0.499. The van der Waals surface area contributed by atoms with Crippen molar-refractivity contribution in [2.75, 3.05) is 7.11 Å². The molecule has 1 atom stereocenters. The third-order valence-electron chi connectivity index (χ3n) is 2.75. The van der Waals surface area contributed by atoms with E-state index in [0.29, 0.717) is 10.9 Å². The Bertz CT molecular complexity index is 614. The Morgan fingerprint density at radius 2 is 2.00 bits per heavy atom. The fourth-order valence-electron chi connectivity index (χ4n) is 1.70. The van der Waals surface area contributed by atoms with E-state index in [1.807, 2.05) is 6.07 Å². The topological polar surface area (TPSA) is 42.4 Å². The van der Waals surface area contributed by atoms with Crippen LogP contribution >= 0.6 is 27.5 Å². The van der Waals surface area contributed by atoms with E-state index in [1.165, 1.54) is 0 Å². The van der Waals surface area contributed by atoms with E-state index in [4.69, 9.17) is 16.3 Å². The first-order chi connectivity index (χ1) is 9.61. The zero-order chi connectivity index (χ0) is 14.5. The smallest absolute Gasteiger partial charge is 0.221 e. The summed E-state index contributed by atoms with van der Waals surface area (Å²) >= 11 is 9.25. The van der Waals surface area contributed by atoms with Gasteiger partial charge in [-0.05, 0) is 45.8 Å². The van der Waals surface area contributed by atoms with Gasteiger partial charge in [0.05, 0.1) is 18.8 Å². The predicted octanol–water partition coefficient (Wildman–Crippen LogP) is 4.25. The number of hydrogen-bond acceptors (Lipinski definition) is 3. The van der Waals surface area contributed by atoms with Crippen LogP contribution in [0.1, 0.15) is 17.2 Å². The summed E-state index contributed by atoms with van der Waals surface area (Å²) in [7, 11) is 1.56. The Morgan fingerprint density at radius 1 is 1.30 bits per heavy atom. The molecule has 2 aromatic rings. The summed E-state index contributed by atoms with van der Waals surface area (Å²) in [6, 6.07) is 8.87. The van der Waals surface area contributed by atoms with Crippen LogP contribution in [0.4, 0.5) is 0 Å². The molecule has 0 saturated heterocycles. The number of aromatic nitrogens is 1. The third-order valence-corrected chi connectivity index (χ3v) is 3.69. The predicted molar refractivity (Wildman–Crippen MR) is 83.9 cm³/mol. The number of nitrogens with zero attached hydrogens (tertiary/aromatic N) is 1. The molecule has 0 radical (unpaired) electrons. The second kappa shape index (κ2) is 6.88. The van der Waals surface area contributed by atoms with Gasteiger partial charge in [0.25, 0.3) is 0 Å². The summed E-state index contributed by atoms with van der Waals surface area (Å²) in [5, 5.41) is 10.8. The molecule has 0 aliphatic heterocycles. The molecule has 0 fully saturated rings. The zero-order valence-electron chi connectivity index (χ0n) is 10.8. The molecule has 0 bridgehead atoms. The van der Waals surface area contributed by atoms with E-state index in [1.54, 1.807) is 49.7 Å². The minimum absolute atomic E-state index is 0.499. The minimum Gasteiger partial charge on any atom is -0.481 e. The highest BCUT2D eigenvalue weighted by molar-refractivity contribution is 9.10. The summed E-state index contributed by atoms with van der Waals surface area (Å²) < 4.78 is 6.04. The molecule has 1 aromatic carbocycles. The maximum absolute atomic E-state index is 10.1. The quantitative estimate of drug-likeness (QED) is 0.892. The van der Waals surface area contributed by atoms with Crippen molar-refractivity contribution in [1.82, 2.24) is 4.98 Å². The Kier molecular flexibility index (Phi) is 5.17. The standard InChI is InChI=1S/C15H13BrClNO2/c1-20-15-12(13(16)8-9-18-15)6-7-14(19)10-2-4-11(17)5-3-10/h2-9,14,19H,1H3. The van der Waals surface area contributed by atoms with E-state index in [9.17, 15) is 5.11 Å². The minimum atomic E-state index is -0.718. The van der Waals surface area contributed by atoms with Gasteiger partial charge in [0.15, 0.2) is 0 Å². The highest BCUT2D eigenvalue weighted by Gasteiger charge is 2.07. The molecule has 1 unspecified atom stereocenters. The second-order valence-electron chi connectivity index (χ2n) is 4.07. The van der Waals surface area contributed by atoms with E-state index < -0.39 is 6.10 Å². The van der Waals surface area contributed by atoms with E-state index in [0.717, 1.165) is 15.6 Å². The Hall–Kier alpha value is -1.36. The van der Waals surface area contributed by atoms with Gasteiger partial charge in [-0.2, -0.15) is 0 Å². The number of aliphatic hydroxyl groups is 1. The van der Waals surface area contributed by atoms with Crippen molar-refractivity contribution < 1.29 is 9.84 Å². The average Bonchev–Trinajstić information content (AvgIpc) is 2.46. The molecule has 0 spiro atoms. The van der Waals surface area contributed by atoms with Gasteiger partial charge in [-0.15, -0.1) is 0 Å². The van der Waals surface area contributed by atoms with Crippen LogP contribution in [0.3, 0.4) is 0 Å². The zero-order valence-corrected chi connectivity index (χ0v) is 13.1. The third kappa shape index (κ3) is 3.60. The van der Waals surface area contributed by atoms with Gasteiger partial charge in [-0.1, -0.05) is 29.8 Å². The van der Waals surface area contributed by atoms with E-state index in [-0.39, 0.29) is 0 Å². The van der Waals surface area contributed by atoms with Gasteiger partial charge in [0.2, 0.25) is 5.88 Å². The van der Waals surface area contributed by atoms with Crippen molar-refractivity contribution in [1.29, 1.82) is 0 Å². The number of pyridine rings is 1. The normalized spacial score (nSPS) is 12.6. The summed E-state index contributed by atoms with van der Waals surface area (Å²) in [6.45, 7) is 0. The summed E-state index contributed by atoms with van der Waals surface area (Å²) in [6.07, 6.45) is 4.38. The number of aliphatic hydroxyl groups excluding tert-OH is 1. The van der Waals surface area contributed by atoms with Crippen LogP contribution in [0.15, 0.2) is 47.1 Å². The van der Waals surface area contributed by atoms with Crippen molar-refractivity contribution >= 4 is 33.6 Å². The van der Waals surface area contributed by atoms with Crippen LogP contribution in [0.25, 0.3) is 6.08 Å². The van der Waals surface area contributed by atoms with Gasteiger partial charge < -0.3 is 9.84 Å². The molecular weight excluding hydrogens is 342 g/mol. The van der Waals surface area contributed by atoms with E-state index in [2.05, 4.69) is 20.9 Å². The molecule has 104 valence electrons. The SMILES string of the molecule is COc1nccc(Br)c1C=CC(O)c1ccc(Cl)cc1. The Morgan fingerprint density at radius 3 is 2.65 bits per heavy atom.